The molecule has 0 atom stereocenters. The molecule has 0 unspecified atom stereocenters. The lowest BCUT2D eigenvalue weighted by Gasteiger charge is -2.36. The first-order valence-corrected chi connectivity index (χ1v) is 20.7. The van der Waals surface area contributed by atoms with Gasteiger partial charge < -0.3 is 10.2 Å². The summed E-state index contributed by atoms with van der Waals surface area (Å²) < 4.78 is 28.9. The van der Waals surface area contributed by atoms with E-state index in [0.29, 0.717) is 30.1 Å². The Balaban J connectivity index is 1.03. The number of anilines is 1. The highest BCUT2D eigenvalue weighted by atomic mass is 35.5. The van der Waals surface area contributed by atoms with Crippen molar-refractivity contribution in [3.8, 4) is 23.1 Å². The van der Waals surface area contributed by atoms with Crippen LogP contribution in [0, 0.1) is 11.8 Å². The van der Waals surface area contributed by atoms with Gasteiger partial charge in [-0.1, -0.05) is 83.6 Å². The summed E-state index contributed by atoms with van der Waals surface area (Å²) in [6.45, 7) is 8.10. The molecule has 0 spiro atoms. The number of piperazine rings is 1. The van der Waals surface area contributed by atoms with Crippen molar-refractivity contribution in [3.05, 3.63) is 141 Å². The van der Waals surface area contributed by atoms with Gasteiger partial charge in [0.25, 0.3) is 0 Å². The molecule has 1 aromatic heterocycles. The summed E-state index contributed by atoms with van der Waals surface area (Å²) in [6, 6.07) is 32.4. The van der Waals surface area contributed by atoms with Crippen LogP contribution in [0.3, 0.4) is 0 Å². The van der Waals surface area contributed by atoms with Crippen molar-refractivity contribution in [2.45, 2.75) is 39.0 Å². The molecule has 0 bridgehead atoms. The molecular formula is C42H44Cl2N6O2S. The van der Waals surface area contributed by atoms with Gasteiger partial charge in [-0.3, -0.25) is 9.58 Å². The molecule has 8 nitrogen and oxygen atoms in total. The second-order valence-electron chi connectivity index (χ2n) is 13.7. The predicted molar refractivity (Wildman–Crippen MR) is 216 cm³/mol. The molecule has 0 amide bonds. The van der Waals surface area contributed by atoms with Gasteiger partial charge in [0.1, 0.15) is 0 Å². The summed E-state index contributed by atoms with van der Waals surface area (Å²) >= 11 is 12.7. The maximum Gasteiger partial charge on any atom is 0.211 e. The van der Waals surface area contributed by atoms with E-state index >= 15 is 0 Å². The topological polar surface area (TPSA) is 73.7 Å². The molecule has 11 heteroatoms. The molecule has 0 aliphatic carbocycles. The number of nitrogens with one attached hydrogen (secondary N) is 1. The lowest BCUT2D eigenvalue weighted by atomic mass is 10.0. The Morgan fingerprint density at radius 1 is 0.792 bits per heavy atom. The fourth-order valence-corrected chi connectivity index (χ4v) is 8.12. The summed E-state index contributed by atoms with van der Waals surface area (Å²) in [4.78, 5) is 4.98. The van der Waals surface area contributed by atoms with Crippen molar-refractivity contribution in [2.24, 2.45) is 0 Å². The minimum atomic E-state index is -3.36. The normalized spacial score (nSPS) is 15.2. The van der Waals surface area contributed by atoms with Crippen LogP contribution in [0.15, 0.2) is 97.1 Å². The quantitative estimate of drug-likeness (QED) is 0.145. The van der Waals surface area contributed by atoms with Crippen LogP contribution in [-0.4, -0.2) is 72.9 Å². The van der Waals surface area contributed by atoms with Crippen LogP contribution >= 0.6 is 23.2 Å². The first-order chi connectivity index (χ1) is 25.7. The number of para-hydroxylation sites is 1. The Kier molecular flexibility index (Phi) is 11.9. The molecule has 1 fully saturated rings. The summed E-state index contributed by atoms with van der Waals surface area (Å²) in [6.07, 6.45) is 2.86. The molecule has 2 aliphatic heterocycles. The first kappa shape index (κ1) is 37.2. The highest BCUT2D eigenvalue weighted by Crippen LogP contribution is 2.33. The van der Waals surface area contributed by atoms with Gasteiger partial charge in [0.05, 0.1) is 17.0 Å². The molecule has 3 heterocycles. The Bertz CT molecular complexity index is 2190. The zero-order valence-corrected chi connectivity index (χ0v) is 32.3. The maximum atomic E-state index is 12.6. The molecule has 2 aliphatic rings. The molecule has 0 saturated carbocycles. The molecule has 274 valence electrons. The molecule has 0 radical (unpaired) electrons. The highest BCUT2D eigenvalue weighted by molar-refractivity contribution is 7.88. The van der Waals surface area contributed by atoms with Gasteiger partial charge >= 0.3 is 0 Å². The summed E-state index contributed by atoms with van der Waals surface area (Å²) in [5.74, 6) is 6.55. The summed E-state index contributed by atoms with van der Waals surface area (Å²) in [7, 11) is -3.36. The smallest absolute Gasteiger partial charge is 0.211 e. The lowest BCUT2D eigenvalue weighted by Crippen LogP contribution is -2.46. The Labute approximate surface area is 323 Å². The Morgan fingerprint density at radius 2 is 1.49 bits per heavy atom. The maximum absolute atomic E-state index is 12.6. The number of hydrogen-bond acceptors (Lipinski definition) is 6. The van der Waals surface area contributed by atoms with Crippen LogP contribution in [0.25, 0.3) is 11.3 Å². The van der Waals surface area contributed by atoms with Crippen LogP contribution < -0.4 is 10.2 Å². The van der Waals surface area contributed by atoms with Crippen LogP contribution in [-0.2, 0) is 42.6 Å². The average molecular weight is 768 g/mol. The second kappa shape index (κ2) is 16.9. The zero-order chi connectivity index (χ0) is 36.8. The number of aryl methyl sites for hydroxylation is 1. The van der Waals surface area contributed by atoms with E-state index in [1.807, 2.05) is 54.6 Å². The van der Waals surface area contributed by atoms with E-state index in [4.69, 9.17) is 28.3 Å². The molecular weight excluding hydrogens is 723 g/mol. The molecule has 5 aromatic rings. The van der Waals surface area contributed by atoms with Gasteiger partial charge in [-0.05, 0) is 66.1 Å². The van der Waals surface area contributed by atoms with Gasteiger partial charge in [-0.2, -0.15) is 9.40 Å². The Hall–Kier alpha value is -4.14. The van der Waals surface area contributed by atoms with Gasteiger partial charge in [-0.25, -0.2) is 8.42 Å². The molecule has 7 rings (SSSR count). The SMILES string of the molecule is CS(=O)(=O)N1CCc2c(c(-c3ccc(Cl)c(C#Cc4ccc(CNCc5ccc(Cl)cc5)cc4)c3)nn2CCCN2CCN(c3ccccc3)CC2)C1. The standard InChI is InChI=1S/C42H44Cl2N6O2S/c1-53(51,52)49-23-20-41-39(31-49)42(46-50(41)22-5-21-47-24-26-48(27-25-47)38-6-3-2-4-7-38)36-16-19-40(44)35(28-36)15-12-32-8-10-33(11-9-32)29-45-30-34-13-17-37(43)18-14-34/h2-4,6-11,13-14,16-19,28,45H,5,20-27,29-31H2,1H3. The van der Waals surface area contributed by atoms with Gasteiger partial charge in [0, 0.05) is 111 Å². The van der Waals surface area contributed by atoms with Crippen molar-refractivity contribution in [3.63, 3.8) is 0 Å². The average Bonchev–Trinajstić information content (AvgIpc) is 3.54. The van der Waals surface area contributed by atoms with Crippen LogP contribution in [0.5, 0.6) is 0 Å². The lowest BCUT2D eigenvalue weighted by molar-refractivity contribution is 0.248. The summed E-state index contributed by atoms with van der Waals surface area (Å²) in [5.41, 5.74) is 8.96. The Morgan fingerprint density at radius 3 is 2.19 bits per heavy atom. The predicted octanol–water partition coefficient (Wildman–Crippen LogP) is 7.08. The monoisotopic (exact) mass is 766 g/mol. The molecule has 4 aromatic carbocycles. The third-order valence-electron chi connectivity index (χ3n) is 10.0. The van der Waals surface area contributed by atoms with E-state index in [1.165, 1.54) is 23.1 Å². The number of sulfonamides is 1. The second-order valence-corrected chi connectivity index (χ2v) is 16.6. The van der Waals surface area contributed by atoms with E-state index in [1.54, 1.807) is 4.31 Å². The van der Waals surface area contributed by atoms with Gasteiger partial charge in [0.15, 0.2) is 0 Å². The van der Waals surface area contributed by atoms with Crippen LogP contribution in [0.1, 0.15) is 39.9 Å². The number of aromatic nitrogens is 2. The van der Waals surface area contributed by atoms with Crippen molar-refractivity contribution in [2.75, 3.05) is 50.4 Å². The van der Waals surface area contributed by atoms with Crippen LogP contribution in [0.4, 0.5) is 5.69 Å². The molecule has 1 saturated heterocycles. The molecule has 1 N–H and O–H groups in total. The minimum absolute atomic E-state index is 0.301. The van der Waals surface area contributed by atoms with Crippen molar-refractivity contribution in [1.82, 2.24) is 24.3 Å². The largest absolute Gasteiger partial charge is 0.369 e. The molecule has 53 heavy (non-hydrogen) atoms. The third kappa shape index (κ3) is 9.51. The van der Waals surface area contributed by atoms with Gasteiger partial charge in [-0.15, -0.1) is 0 Å². The number of benzene rings is 4. The van der Waals surface area contributed by atoms with E-state index in [9.17, 15) is 8.42 Å². The van der Waals surface area contributed by atoms with Crippen molar-refractivity contribution in [1.29, 1.82) is 0 Å². The number of fused-ring (bicyclic) bond motifs is 1. The fraction of sp³-hybridized carbons (Fsp3) is 0.310. The third-order valence-corrected chi connectivity index (χ3v) is 11.8. The highest BCUT2D eigenvalue weighted by Gasteiger charge is 2.30. The summed E-state index contributed by atoms with van der Waals surface area (Å²) in [5, 5.41) is 9.89. The van der Waals surface area contributed by atoms with Gasteiger partial charge in [0.2, 0.25) is 10.0 Å². The van der Waals surface area contributed by atoms with Crippen molar-refractivity contribution < 1.29 is 8.42 Å². The number of halogens is 2. The van der Waals surface area contributed by atoms with E-state index in [0.717, 1.165) is 91.9 Å². The van der Waals surface area contributed by atoms with E-state index in [-0.39, 0.29) is 0 Å². The number of rotatable bonds is 11. The number of nitrogens with zero attached hydrogens (tertiary/aromatic N) is 5. The first-order valence-electron chi connectivity index (χ1n) is 18.1. The van der Waals surface area contributed by atoms with Crippen LogP contribution in [0.2, 0.25) is 10.0 Å². The van der Waals surface area contributed by atoms with E-state index in [2.05, 4.69) is 74.1 Å². The van der Waals surface area contributed by atoms with Crippen molar-refractivity contribution >= 4 is 38.9 Å². The fourth-order valence-electron chi connectivity index (χ4n) is 7.05. The zero-order valence-electron chi connectivity index (χ0n) is 29.9. The van der Waals surface area contributed by atoms with E-state index < -0.39 is 10.0 Å². The number of hydrogen-bond donors (Lipinski definition) is 1. The minimum Gasteiger partial charge on any atom is -0.369 e.